The van der Waals surface area contributed by atoms with Gasteiger partial charge < -0.3 is 14.4 Å². The van der Waals surface area contributed by atoms with Crippen LogP contribution >= 0.6 is 0 Å². The monoisotopic (exact) mass is 259 g/mol. The molecule has 0 N–H and O–H groups in total. The van der Waals surface area contributed by atoms with E-state index in [4.69, 9.17) is 9.47 Å². The lowest BCUT2D eigenvalue weighted by molar-refractivity contribution is 0.0389. The number of hydrogen-bond donors (Lipinski definition) is 0. The fourth-order valence-electron chi connectivity index (χ4n) is 1.31. The van der Waals surface area contributed by atoms with Gasteiger partial charge in [-0.15, -0.1) is 0 Å². The first-order valence-corrected chi connectivity index (χ1v) is 6.94. The number of rotatable bonds is 8. The van der Waals surface area contributed by atoms with Crippen molar-refractivity contribution in [3.63, 3.8) is 0 Å². The van der Waals surface area contributed by atoms with E-state index < -0.39 is 0 Å². The summed E-state index contributed by atoms with van der Waals surface area (Å²) in [6, 6.07) is 0. The molecule has 0 aromatic carbocycles. The molecule has 0 aliphatic rings. The van der Waals surface area contributed by atoms with Crippen molar-refractivity contribution in [1.29, 1.82) is 0 Å². The Labute approximate surface area is 114 Å². The molecule has 0 aromatic heterocycles. The van der Waals surface area contributed by atoms with Crippen molar-refractivity contribution in [2.24, 2.45) is 10.8 Å². The molecule has 18 heavy (non-hydrogen) atoms. The minimum atomic E-state index is 0.258. The van der Waals surface area contributed by atoms with Crippen LogP contribution < -0.4 is 0 Å². The molecule has 0 amide bonds. The van der Waals surface area contributed by atoms with Crippen LogP contribution in [0.2, 0.25) is 0 Å². The van der Waals surface area contributed by atoms with Crippen molar-refractivity contribution in [1.82, 2.24) is 4.90 Å². The fraction of sp³-hybridized carbons (Fsp3) is 1.00. The number of nitrogens with zero attached hydrogens (tertiary/aromatic N) is 1. The molecule has 0 atom stereocenters. The first-order chi connectivity index (χ1) is 8.10. The van der Waals surface area contributed by atoms with Crippen molar-refractivity contribution < 1.29 is 9.47 Å². The molecule has 0 bridgehead atoms. The van der Waals surface area contributed by atoms with E-state index in [2.05, 4.69) is 53.5 Å². The van der Waals surface area contributed by atoms with Gasteiger partial charge in [0.05, 0.1) is 26.4 Å². The summed E-state index contributed by atoms with van der Waals surface area (Å²) in [6.07, 6.45) is 0. The second kappa shape index (κ2) is 8.13. The normalized spacial score (nSPS) is 13.3. The Morgan fingerprint density at radius 1 is 0.722 bits per heavy atom. The van der Waals surface area contributed by atoms with Crippen LogP contribution in [0.5, 0.6) is 0 Å². The second-order valence-electron chi connectivity index (χ2n) is 7.53. The summed E-state index contributed by atoms with van der Waals surface area (Å²) in [4.78, 5) is 2.26. The van der Waals surface area contributed by atoms with E-state index in [0.717, 1.165) is 39.5 Å². The quantitative estimate of drug-likeness (QED) is 0.625. The summed E-state index contributed by atoms with van der Waals surface area (Å²) in [5.74, 6) is 0. The van der Waals surface area contributed by atoms with Gasteiger partial charge >= 0.3 is 0 Å². The summed E-state index contributed by atoms with van der Waals surface area (Å²) < 4.78 is 11.3. The van der Waals surface area contributed by atoms with Gasteiger partial charge in [-0.05, 0) is 17.9 Å². The Morgan fingerprint density at radius 2 is 1.06 bits per heavy atom. The summed E-state index contributed by atoms with van der Waals surface area (Å²) in [6.45, 7) is 18.3. The summed E-state index contributed by atoms with van der Waals surface area (Å²) in [5, 5.41) is 0. The van der Waals surface area contributed by atoms with E-state index in [9.17, 15) is 0 Å². The van der Waals surface area contributed by atoms with Gasteiger partial charge in [-0.3, -0.25) is 0 Å². The van der Waals surface area contributed by atoms with Crippen molar-refractivity contribution in [3.8, 4) is 0 Å². The summed E-state index contributed by atoms with van der Waals surface area (Å²) >= 11 is 0. The molecule has 110 valence electrons. The van der Waals surface area contributed by atoms with Gasteiger partial charge in [-0.25, -0.2) is 0 Å². The molecule has 0 radical (unpaired) electrons. The molecule has 3 heteroatoms. The van der Waals surface area contributed by atoms with Gasteiger partial charge in [0.1, 0.15) is 0 Å². The first-order valence-electron chi connectivity index (χ1n) is 6.94. The SMILES string of the molecule is CN(CCOCC(C)(C)C)CCOCC(C)(C)C. The lowest BCUT2D eigenvalue weighted by Gasteiger charge is -2.22. The fourth-order valence-corrected chi connectivity index (χ4v) is 1.31. The highest BCUT2D eigenvalue weighted by molar-refractivity contribution is 4.60. The lowest BCUT2D eigenvalue weighted by Crippen LogP contribution is -2.29. The molecule has 0 saturated heterocycles. The zero-order chi connectivity index (χ0) is 14.2. The summed E-state index contributed by atoms with van der Waals surface area (Å²) in [5.41, 5.74) is 0.517. The maximum atomic E-state index is 5.65. The molecule has 0 unspecified atom stereocenters. The standard InChI is InChI=1S/C15H33NO2/c1-14(2,3)12-17-10-8-16(7)9-11-18-13-15(4,5)6/h8-13H2,1-7H3. The third-order valence-electron chi connectivity index (χ3n) is 2.30. The molecule has 0 aromatic rings. The highest BCUT2D eigenvalue weighted by atomic mass is 16.5. The Bertz CT molecular complexity index is 182. The molecule has 0 rings (SSSR count). The minimum absolute atomic E-state index is 0.258. The number of likely N-dealkylation sites (N-methyl/N-ethyl adjacent to an activating group) is 1. The van der Waals surface area contributed by atoms with E-state index in [0.29, 0.717) is 0 Å². The zero-order valence-electron chi connectivity index (χ0n) is 13.5. The third-order valence-corrected chi connectivity index (χ3v) is 2.30. The molecule has 3 nitrogen and oxygen atoms in total. The van der Waals surface area contributed by atoms with E-state index in [1.807, 2.05) is 0 Å². The van der Waals surface area contributed by atoms with Gasteiger partial charge in [0.15, 0.2) is 0 Å². The molecule has 0 fully saturated rings. The van der Waals surface area contributed by atoms with Crippen LogP contribution in [0.25, 0.3) is 0 Å². The maximum absolute atomic E-state index is 5.65. The number of hydrogen-bond acceptors (Lipinski definition) is 3. The molecule has 0 aliphatic heterocycles. The van der Waals surface area contributed by atoms with Crippen LogP contribution in [-0.4, -0.2) is 51.5 Å². The van der Waals surface area contributed by atoms with E-state index in [1.54, 1.807) is 0 Å². The smallest absolute Gasteiger partial charge is 0.0593 e. The van der Waals surface area contributed by atoms with E-state index in [-0.39, 0.29) is 10.8 Å². The average Bonchev–Trinajstić information content (AvgIpc) is 2.17. The number of ether oxygens (including phenoxy) is 2. The maximum Gasteiger partial charge on any atom is 0.0593 e. The van der Waals surface area contributed by atoms with Crippen LogP contribution in [-0.2, 0) is 9.47 Å². The predicted octanol–water partition coefficient (Wildman–Crippen LogP) is 3.04. The largest absolute Gasteiger partial charge is 0.380 e. The van der Waals surface area contributed by atoms with Crippen LogP contribution in [0.3, 0.4) is 0 Å². The molecule has 0 heterocycles. The zero-order valence-corrected chi connectivity index (χ0v) is 13.5. The second-order valence-corrected chi connectivity index (χ2v) is 7.53. The van der Waals surface area contributed by atoms with Crippen LogP contribution in [0.15, 0.2) is 0 Å². The van der Waals surface area contributed by atoms with Crippen LogP contribution in [0.1, 0.15) is 41.5 Å². The highest BCUT2D eigenvalue weighted by Gasteiger charge is 2.11. The lowest BCUT2D eigenvalue weighted by atomic mass is 9.99. The Morgan fingerprint density at radius 3 is 1.33 bits per heavy atom. The van der Waals surface area contributed by atoms with E-state index >= 15 is 0 Å². The van der Waals surface area contributed by atoms with Crippen LogP contribution in [0, 0.1) is 10.8 Å². The van der Waals surface area contributed by atoms with Crippen molar-refractivity contribution in [2.45, 2.75) is 41.5 Å². The van der Waals surface area contributed by atoms with Crippen molar-refractivity contribution in [3.05, 3.63) is 0 Å². The molecule has 0 spiro atoms. The highest BCUT2D eigenvalue weighted by Crippen LogP contribution is 2.13. The minimum Gasteiger partial charge on any atom is -0.380 e. The van der Waals surface area contributed by atoms with Crippen molar-refractivity contribution in [2.75, 3.05) is 46.6 Å². The molecule has 0 saturated carbocycles. The first kappa shape index (κ1) is 17.9. The van der Waals surface area contributed by atoms with Gasteiger partial charge in [0.2, 0.25) is 0 Å². The van der Waals surface area contributed by atoms with E-state index in [1.165, 1.54) is 0 Å². The van der Waals surface area contributed by atoms with Gasteiger partial charge in [0, 0.05) is 13.1 Å². The third kappa shape index (κ3) is 13.9. The predicted molar refractivity (Wildman–Crippen MR) is 78.0 cm³/mol. The summed E-state index contributed by atoms with van der Waals surface area (Å²) in [7, 11) is 2.11. The van der Waals surface area contributed by atoms with Crippen molar-refractivity contribution >= 4 is 0 Å². The molecule has 0 aliphatic carbocycles. The molecular formula is C15H33NO2. The molecular weight excluding hydrogens is 226 g/mol. The Hall–Kier alpha value is -0.120. The Kier molecular flexibility index (Phi) is 8.08. The van der Waals surface area contributed by atoms with Gasteiger partial charge in [0.25, 0.3) is 0 Å². The van der Waals surface area contributed by atoms with Crippen LogP contribution in [0.4, 0.5) is 0 Å². The average molecular weight is 259 g/mol. The topological polar surface area (TPSA) is 21.7 Å². The van der Waals surface area contributed by atoms with Gasteiger partial charge in [-0.2, -0.15) is 0 Å². The Balaban J connectivity index is 3.41. The van der Waals surface area contributed by atoms with Gasteiger partial charge in [-0.1, -0.05) is 41.5 Å².